The minimum Gasteiger partial charge on any atom is -0.305 e. The van der Waals surface area contributed by atoms with E-state index in [0.717, 1.165) is 6.42 Å². The van der Waals surface area contributed by atoms with E-state index in [1.807, 2.05) is 13.0 Å². The van der Waals surface area contributed by atoms with Gasteiger partial charge in [0.15, 0.2) is 0 Å². The number of terminal acetylenes is 1. The molecular formula is C12H15O3P. The molecule has 0 aromatic heterocycles. The first-order chi connectivity index (χ1) is 7.73. The van der Waals surface area contributed by atoms with E-state index < -0.39 is 7.60 Å². The summed E-state index contributed by atoms with van der Waals surface area (Å²) in [5, 5.41) is 0.540. The van der Waals surface area contributed by atoms with Gasteiger partial charge in [0.1, 0.15) is 6.61 Å². The van der Waals surface area contributed by atoms with E-state index in [-0.39, 0.29) is 6.61 Å². The van der Waals surface area contributed by atoms with Crippen LogP contribution < -0.4 is 5.30 Å². The molecule has 1 atom stereocenters. The summed E-state index contributed by atoms with van der Waals surface area (Å²) in [5.41, 5.74) is 0. The summed E-state index contributed by atoms with van der Waals surface area (Å²) in [5.74, 6) is 2.30. The van der Waals surface area contributed by atoms with Gasteiger partial charge in [-0.3, -0.25) is 9.09 Å². The van der Waals surface area contributed by atoms with Crippen molar-refractivity contribution in [3.05, 3.63) is 30.3 Å². The Hall–Kier alpha value is -1.07. The molecule has 0 N–H and O–H groups in total. The molecule has 1 unspecified atom stereocenters. The monoisotopic (exact) mass is 238 g/mol. The van der Waals surface area contributed by atoms with Crippen molar-refractivity contribution in [3.63, 3.8) is 0 Å². The third-order valence-corrected chi connectivity index (χ3v) is 3.78. The zero-order chi connectivity index (χ0) is 11.9. The van der Waals surface area contributed by atoms with Crippen LogP contribution in [0.4, 0.5) is 0 Å². The molecular weight excluding hydrogens is 223 g/mol. The molecule has 1 aromatic rings. The zero-order valence-electron chi connectivity index (χ0n) is 9.26. The Balaban J connectivity index is 2.87. The molecule has 0 bridgehead atoms. The van der Waals surface area contributed by atoms with E-state index in [4.69, 9.17) is 15.5 Å². The summed E-state index contributed by atoms with van der Waals surface area (Å²) in [6.45, 7) is 2.31. The van der Waals surface area contributed by atoms with Gasteiger partial charge >= 0.3 is 7.60 Å². The fourth-order valence-electron chi connectivity index (χ4n) is 1.13. The lowest BCUT2D eigenvalue weighted by Crippen LogP contribution is -2.10. The lowest BCUT2D eigenvalue weighted by molar-refractivity contribution is 0.231. The van der Waals surface area contributed by atoms with Crippen LogP contribution >= 0.6 is 7.60 Å². The predicted octanol–water partition coefficient (Wildman–Crippen LogP) is 2.58. The van der Waals surface area contributed by atoms with Crippen LogP contribution in [0.3, 0.4) is 0 Å². The van der Waals surface area contributed by atoms with Crippen molar-refractivity contribution in [1.29, 1.82) is 0 Å². The highest BCUT2D eigenvalue weighted by Gasteiger charge is 2.26. The Morgan fingerprint density at radius 3 is 2.56 bits per heavy atom. The van der Waals surface area contributed by atoms with E-state index in [1.54, 1.807) is 24.3 Å². The van der Waals surface area contributed by atoms with Gasteiger partial charge in [-0.1, -0.05) is 31.0 Å². The summed E-state index contributed by atoms with van der Waals surface area (Å²) in [7, 11) is -3.25. The zero-order valence-corrected chi connectivity index (χ0v) is 10.2. The second kappa shape index (κ2) is 6.50. The van der Waals surface area contributed by atoms with Crippen molar-refractivity contribution in [2.75, 3.05) is 13.2 Å². The van der Waals surface area contributed by atoms with Crippen molar-refractivity contribution in [1.82, 2.24) is 0 Å². The van der Waals surface area contributed by atoms with Gasteiger partial charge in [0.25, 0.3) is 0 Å². The Morgan fingerprint density at radius 1 is 1.31 bits per heavy atom. The predicted molar refractivity (Wildman–Crippen MR) is 64.7 cm³/mol. The summed E-state index contributed by atoms with van der Waals surface area (Å²) < 4.78 is 22.9. The molecule has 1 aromatic carbocycles. The molecule has 0 heterocycles. The first-order valence-corrected chi connectivity index (χ1v) is 6.65. The fourth-order valence-corrected chi connectivity index (χ4v) is 2.71. The summed E-state index contributed by atoms with van der Waals surface area (Å²) >= 11 is 0. The second-order valence-electron chi connectivity index (χ2n) is 3.14. The molecule has 0 radical (unpaired) electrons. The largest absolute Gasteiger partial charge is 0.362 e. The lowest BCUT2D eigenvalue weighted by Gasteiger charge is -2.17. The molecule has 0 spiro atoms. The average Bonchev–Trinajstić information content (AvgIpc) is 2.35. The maximum absolute atomic E-state index is 12.4. The van der Waals surface area contributed by atoms with E-state index in [1.165, 1.54) is 0 Å². The molecule has 0 fully saturated rings. The summed E-state index contributed by atoms with van der Waals surface area (Å²) in [6, 6.07) is 8.85. The van der Waals surface area contributed by atoms with Crippen LogP contribution in [0.25, 0.3) is 0 Å². The molecule has 16 heavy (non-hydrogen) atoms. The quantitative estimate of drug-likeness (QED) is 0.564. The van der Waals surface area contributed by atoms with E-state index in [0.29, 0.717) is 11.9 Å². The van der Waals surface area contributed by atoms with Crippen LogP contribution in [0.2, 0.25) is 0 Å². The maximum atomic E-state index is 12.4. The molecule has 0 aliphatic rings. The highest BCUT2D eigenvalue weighted by Crippen LogP contribution is 2.46. The van der Waals surface area contributed by atoms with E-state index in [2.05, 4.69) is 5.92 Å². The van der Waals surface area contributed by atoms with Crippen LogP contribution in [0, 0.1) is 12.3 Å². The molecule has 3 nitrogen and oxygen atoms in total. The first kappa shape index (κ1) is 13.0. The molecule has 0 saturated carbocycles. The average molecular weight is 238 g/mol. The van der Waals surface area contributed by atoms with Gasteiger partial charge in [-0.15, -0.1) is 6.42 Å². The standard InChI is InChI=1S/C12H15O3P/c1-3-10-14-16(13,15-11-4-2)12-8-6-5-7-9-12/h1,5-9H,4,10-11H2,2H3. The highest BCUT2D eigenvalue weighted by molar-refractivity contribution is 7.62. The van der Waals surface area contributed by atoms with Crippen LogP contribution in [-0.4, -0.2) is 13.2 Å². The number of rotatable bonds is 6. The highest BCUT2D eigenvalue weighted by atomic mass is 31.2. The molecule has 86 valence electrons. The van der Waals surface area contributed by atoms with Gasteiger partial charge in [0.05, 0.1) is 11.9 Å². The summed E-state index contributed by atoms with van der Waals surface area (Å²) in [6.07, 6.45) is 5.86. The number of benzene rings is 1. The van der Waals surface area contributed by atoms with Gasteiger partial charge in [-0.05, 0) is 18.6 Å². The molecule has 1 rings (SSSR count). The summed E-state index contributed by atoms with van der Waals surface area (Å²) in [4.78, 5) is 0. The third kappa shape index (κ3) is 3.50. The molecule has 0 amide bonds. The Bertz CT molecular complexity index is 394. The molecule has 0 aliphatic heterocycles. The minimum absolute atomic E-state index is 0.0180. The minimum atomic E-state index is -3.25. The number of hydrogen-bond donors (Lipinski definition) is 0. The molecule has 0 aliphatic carbocycles. The van der Waals surface area contributed by atoms with Crippen LogP contribution in [0.5, 0.6) is 0 Å². The van der Waals surface area contributed by atoms with Crippen molar-refractivity contribution in [2.24, 2.45) is 0 Å². The van der Waals surface area contributed by atoms with Gasteiger partial charge in [0, 0.05) is 0 Å². The fraction of sp³-hybridized carbons (Fsp3) is 0.333. The van der Waals surface area contributed by atoms with Gasteiger partial charge < -0.3 is 4.52 Å². The Kier molecular flexibility index (Phi) is 5.28. The van der Waals surface area contributed by atoms with E-state index >= 15 is 0 Å². The normalized spacial score (nSPS) is 14.0. The topological polar surface area (TPSA) is 35.5 Å². The van der Waals surface area contributed by atoms with Crippen molar-refractivity contribution in [3.8, 4) is 12.3 Å². The van der Waals surface area contributed by atoms with Crippen LogP contribution in [-0.2, 0) is 13.6 Å². The Morgan fingerprint density at radius 2 is 2.00 bits per heavy atom. The van der Waals surface area contributed by atoms with Gasteiger partial charge in [-0.2, -0.15) is 0 Å². The van der Waals surface area contributed by atoms with Crippen molar-refractivity contribution in [2.45, 2.75) is 13.3 Å². The number of hydrogen-bond acceptors (Lipinski definition) is 3. The third-order valence-electron chi connectivity index (χ3n) is 1.86. The SMILES string of the molecule is C#CCOP(=O)(OCCC)c1ccccc1. The van der Waals surface area contributed by atoms with Crippen LogP contribution in [0.1, 0.15) is 13.3 Å². The second-order valence-corrected chi connectivity index (χ2v) is 5.17. The van der Waals surface area contributed by atoms with Gasteiger partial charge in [-0.25, -0.2) is 0 Å². The van der Waals surface area contributed by atoms with Crippen molar-refractivity contribution >= 4 is 12.9 Å². The lowest BCUT2D eigenvalue weighted by atomic mass is 10.4. The smallest absolute Gasteiger partial charge is 0.305 e. The maximum Gasteiger partial charge on any atom is 0.362 e. The van der Waals surface area contributed by atoms with Crippen LogP contribution in [0.15, 0.2) is 30.3 Å². The van der Waals surface area contributed by atoms with Crippen molar-refractivity contribution < 1.29 is 13.6 Å². The Labute approximate surface area is 96.3 Å². The van der Waals surface area contributed by atoms with Gasteiger partial charge in [0.2, 0.25) is 0 Å². The van der Waals surface area contributed by atoms with E-state index in [9.17, 15) is 4.57 Å². The molecule has 0 saturated heterocycles. The molecule has 4 heteroatoms. The first-order valence-electron chi connectivity index (χ1n) is 5.11.